The summed E-state index contributed by atoms with van der Waals surface area (Å²) in [6.45, 7) is 1.81. The lowest BCUT2D eigenvalue weighted by Gasteiger charge is -2.10. The van der Waals surface area contributed by atoms with Crippen molar-refractivity contribution in [2.75, 3.05) is 6.26 Å². The third-order valence-corrected chi connectivity index (χ3v) is 6.07. The van der Waals surface area contributed by atoms with E-state index in [1.165, 1.54) is 3.97 Å². The molecule has 5 heteroatoms. The highest BCUT2D eigenvalue weighted by molar-refractivity contribution is 7.98. The zero-order valence-electron chi connectivity index (χ0n) is 11.8. The molecule has 0 fully saturated rings. The SMILES string of the molecule is CSc1ccc2c(ccn2S(=O)(=O)c2ccccc2C)c1. The van der Waals surface area contributed by atoms with Gasteiger partial charge in [-0.25, -0.2) is 12.4 Å². The molecule has 0 bridgehead atoms. The second-order valence-electron chi connectivity index (χ2n) is 4.81. The van der Waals surface area contributed by atoms with E-state index in [1.54, 1.807) is 30.1 Å². The van der Waals surface area contributed by atoms with Gasteiger partial charge in [0.15, 0.2) is 0 Å². The van der Waals surface area contributed by atoms with Crippen LogP contribution in [-0.2, 0) is 10.0 Å². The van der Waals surface area contributed by atoms with Crippen LogP contribution in [0.15, 0.2) is 64.5 Å². The minimum Gasteiger partial charge on any atom is -0.241 e. The smallest absolute Gasteiger partial charge is 0.241 e. The Labute approximate surface area is 128 Å². The molecule has 0 N–H and O–H groups in total. The Bertz CT molecular complexity index is 911. The number of rotatable bonds is 3. The Hall–Kier alpha value is -1.72. The van der Waals surface area contributed by atoms with Gasteiger partial charge >= 0.3 is 0 Å². The lowest BCUT2D eigenvalue weighted by molar-refractivity contribution is 0.588. The van der Waals surface area contributed by atoms with Crippen molar-refractivity contribution in [1.82, 2.24) is 3.97 Å². The molecule has 0 aliphatic rings. The summed E-state index contributed by atoms with van der Waals surface area (Å²) in [5.41, 5.74) is 1.45. The minimum absolute atomic E-state index is 0.344. The first-order valence-electron chi connectivity index (χ1n) is 6.50. The van der Waals surface area contributed by atoms with Gasteiger partial charge in [0.1, 0.15) is 0 Å². The van der Waals surface area contributed by atoms with E-state index in [0.29, 0.717) is 10.4 Å². The average Bonchev–Trinajstić information content (AvgIpc) is 2.91. The fourth-order valence-electron chi connectivity index (χ4n) is 2.38. The Kier molecular flexibility index (Phi) is 3.55. The maximum atomic E-state index is 12.8. The quantitative estimate of drug-likeness (QED) is 0.688. The molecule has 0 saturated carbocycles. The predicted octanol–water partition coefficient (Wildman–Crippen LogP) is 3.91. The van der Waals surface area contributed by atoms with E-state index in [4.69, 9.17) is 0 Å². The second-order valence-corrected chi connectivity index (χ2v) is 7.47. The van der Waals surface area contributed by atoms with Gasteiger partial charge in [-0.15, -0.1) is 11.8 Å². The minimum atomic E-state index is -3.56. The number of hydrogen-bond acceptors (Lipinski definition) is 3. The van der Waals surface area contributed by atoms with Gasteiger partial charge in [-0.05, 0) is 49.1 Å². The summed E-state index contributed by atoms with van der Waals surface area (Å²) in [4.78, 5) is 1.46. The monoisotopic (exact) mass is 317 g/mol. The van der Waals surface area contributed by atoms with Crippen LogP contribution in [-0.4, -0.2) is 18.6 Å². The molecule has 108 valence electrons. The number of fused-ring (bicyclic) bond motifs is 1. The molecular formula is C16H15NO2S2. The summed E-state index contributed by atoms with van der Waals surface area (Å²) >= 11 is 1.64. The van der Waals surface area contributed by atoms with Crippen LogP contribution in [0.2, 0.25) is 0 Å². The Morgan fingerprint density at radius 3 is 2.52 bits per heavy atom. The van der Waals surface area contributed by atoms with Crippen LogP contribution in [0.4, 0.5) is 0 Å². The van der Waals surface area contributed by atoms with Gasteiger partial charge in [0, 0.05) is 16.5 Å². The molecule has 0 atom stereocenters. The van der Waals surface area contributed by atoms with Crippen molar-refractivity contribution in [1.29, 1.82) is 0 Å². The van der Waals surface area contributed by atoms with Gasteiger partial charge in [0.2, 0.25) is 0 Å². The molecular weight excluding hydrogens is 302 g/mol. The maximum Gasteiger partial charge on any atom is 0.268 e. The molecule has 0 radical (unpaired) electrons. The zero-order valence-corrected chi connectivity index (χ0v) is 13.4. The first-order valence-corrected chi connectivity index (χ1v) is 9.17. The highest BCUT2D eigenvalue weighted by Crippen LogP contribution is 2.27. The van der Waals surface area contributed by atoms with Gasteiger partial charge in [0.25, 0.3) is 10.0 Å². The van der Waals surface area contributed by atoms with Crippen molar-refractivity contribution < 1.29 is 8.42 Å². The van der Waals surface area contributed by atoms with E-state index in [1.807, 2.05) is 49.6 Å². The lowest BCUT2D eigenvalue weighted by atomic mass is 10.2. The fraction of sp³-hybridized carbons (Fsp3) is 0.125. The summed E-state index contributed by atoms with van der Waals surface area (Å²) in [5.74, 6) is 0. The molecule has 0 aliphatic carbocycles. The fourth-order valence-corrected chi connectivity index (χ4v) is 4.42. The van der Waals surface area contributed by atoms with E-state index in [9.17, 15) is 8.42 Å². The van der Waals surface area contributed by atoms with Crippen LogP contribution >= 0.6 is 11.8 Å². The summed E-state index contributed by atoms with van der Waals surface area (Å²) < 4.78 is 27.0. The van der Waals surface area contributed by atoms with Crippen LogP contribution in [0.1, 0.15) is 5.56 Å². The normalized spacial score (nSPS) is 11.9. The van der Waals surface area contributed by atoms with Crippen molar-refractivity contribution in [2.45, 2.75) is 16.7 Å². The Morgan fingerprint density at radius 2 is 1.81 bits per heavy atom. The van der Waals surface area contributed by atoms with E-state index < -0.39 is 10.0 Å². The first-order chi connectivity index (χ1) is 10.0. The molecule has 1 aromatic heterocycles. The largest absolute Gasteiger partial charge is 0.268 e. The summed E-state index contributed by atoms with van der Waals surface area (Å²) in [7, 11) is -3.56. The van der Waals surface area contributed by atoms with Crippen LogP contribution in [0.25, 0.3) is 10.9 Å². The van der Waals surface area contributed by atoms with Crippen molar-refractivity contribution in [3.63, 3.8) is 0 Å². The molecule has 0 amide bonds. The highest BCUT2D eigenvalue weighted by atomic mass is 32.2. The number of benzene rings is 2. The zero-order chi connectivity index (χ0) is 15.0. The number of aromatic nitrogens is 1. The second kappa shape index (κ2) is 5.24. The highest BCUT2D eigenvalue weighted by Gasteiger charge is 2.20. The van der Waals surface area contributed by atoms with Gasteiger partial charge in [-0.1, -0.05) is 18.2 Å². The van der Waals surface area contributed by atoms with Gasteiger partial charge in [-0.2, -0.15) is 0 Å². The van der Waals surface area contributed by atoms with Gasteiger partial charge < -0.3 is 0 Å². The number of nitrogens with zero attached hydrogens (tertiary/aromatic N) is 1. The molecule has 2 aromatic carbocycles. The molecule has 3 nitrogen and oxygen atoms in total. The molecule has 0 aliphatic heterocycles. The van der Waals surface area contributed by atoms with E-state index >= 15 is 0 Å². The molecule has 3 aromatic rings. The van der Waals surface area contributed by atoms with Crippen molar-refractivity contribution in [3.8, 4) is 0 Å². The Morgan fingerprint density at radius 1 is 1.05 bits per heavy atom. The van der Waals surface area contributed by atoms with Crippen LogP contribution in [0, 0.1) is 6.92 Å². The van der Waals surface area contributed by atoms with Crippen molar-refractivity contribution >= 4 is 32.7 Å². The molecule has 0 unspecified atom stereocenters. The van der Waals surface area contributed by atoms with E-state index in [0.717, 1.165) is 15.8 Å². The van der Waals surface area contributed by atoms with Crippen molar-refractivity contribution in [2.24, 2.45) is 0 Å². The predicted molar refractivity (Wildman–Crippen MR) is 87.5 cm³/mol. The van der Waals surface area contributed by atoms with Gasteiger partial charge in [0.05, 0.1) is 10.4 Å². The topological polar surface area (TPSA) is 39.1 Å². The summed E-state index contributed by atoms with van der Waals surface area (Å²) in [6.07, 6.45) is 3.62. The third kappa shape index (κ3) is 2.36. The van der Waals surface area contributed by atoms with Crippen LogP contribution in [0.3, 0.4) is 0 Å². The van der Waals surface area contributed by atoms with Gasteiger partial charge in [-0.3, -0.25) is 0 Å². The number of hydrogen-bond donors (Lipinski definition) is 0. The van der Waals surface area contributed by atoms with E-state index in [-0.39, 0.29) is 0 Å². The molecule has 1 heterocycles. The lowest BCUT2D eigenvalue weighted by Crippen LogP contribution is -2.13. The van der Waals surface area contributed by atoms with Crippen molar-refractivity contribution in [3.05, 3.63) is 60.3 Å². The molecule has 3 rings (SSSR count). The summed E-state index contributed by atoms with van der Waals surface area (Å²) in [6, 6.07) is 14.7. The van der Waals surface area contributed by atoms with Crippen LogP contribution in [0.5, 0.6) is 0 Å². The Balaban J connectivity index is 2.23. The number of aryl methyl sites for hydroxylation is 1. The van der Waals surface area contributed by atoms with E-state index in [2.05, 4.69) is 0 Å². The molecule has 0 saturated heterocycles. The van der Waals surface area contributed by atoms with Crippen LogP contribution < -0.4 is 0 Å². The number of thioether (sulfide) groups is 1. The average molecular weight is 317 g/mol. The maximum absolute atomic E-state index is 12.8. The molecule has 0 spiro atoms. The first kappa shape index (κ1) is 14.2. The third-order valence-electron chi connectivity index (χ3n) is 3.49. The molecule has 21 heavy (non-hydrogen) atoms. The summed E-state index contributed by atoms with van der Waals surface area (Å²) in [5, 5.41) is 0.930. The standard InChI is InChI=1S/C16H15NO2S2/c1-12-5-3-4-6-16(12)21(18,19)17-10-9-13-11-14(20-2)7-8-15(13)17/h3-11H,1-2H3.